The van der Waals surface area contributed by atoms with Crippen molar-refractivity contribution in [3.05, 3.63) is 70.8 Å². The molecule has 0 bridgehead atoms. The van der Waals surface area contributed by atoms with Gasteiger partial charge in [0.2, 0.25) is 0 Å². The second-order valence-corrected chi connectivity index (χ2v) is 8.87. The van der Waals surface area contributed by atoms with Crippen molar-refractivity contribution >= 4 is 0 Å². The summed E-state index contributed by atoms with van der Waals surface area (Å²) in [5.41, 5.74) is -1.92. The van der Waals surface area contributed by atoms with E-state index in [4.69, 9.17) is 0 Å². The molecule has 0 radical (unpaired) electrons. The Morgan fingerprint density at radius 3 is 2.00 bits per heavy atom. The summed E-state index contributed by atoms with van der Waals surface area (Å²) in [5, 5.41) is 11.1. The van der Waals surface area contributed by atoms with Crippen LogP contribution in [0.25, 0.3) is 0 Å². The largest absolute Gasteiger partial charge is 0.416 e. The van der Waals surface area contributed by atoms with Crippen LogP contribution in [0.15, 0.2) is 48.5 Å². The summed E-state index contributed by atoms with van der Waals surface area (Å²) in [5.74, 6) is 0. The van der Waals surface area contributed by atoms with Crippen LogP contribution < -0.4 is 0 Å². The molecule has 0 saturated carbocycles. The molecule has 2 aromatic rings. The molecule has 3 rings (SSSR count). The number of hydrogen-bond donors (Lipinski definition) is 1. The minimum atomic E-state index is -4.49. The number of likely N-dealkylation sites (tertiary alicyclic amines) is 1. The van der Waals surface area contributed by atoms with Gasteiger partial charge in [-0.25, -0.2) is 0 Å². The minimum absolute atomic E-state index is 0.166. The fraction of sp³-hybridized carbons (Fsp3) is 0.500. The molecular formula is C24H28F6N2O. The standard InChI is InChI=1S/C24H28F6N2O/c1-31(2)13-10-21(17-6-8-18(9-7-17)23(25,26)27)32-14-11-22(33,12-15-32)19-4-3-5-20(16-19)24(28,29)30/h3-9,16,21,33H,10-15H2,1-2H3. The van der Waals surface area contributed by atoms with Crippen molar-refractivity contribution in [2.45, 2.75) is 43.3 Å². The topological polar surface area (TPSA) is 26.7 Å². The molecule has 9 heteroatoms. The summed E-state index contributed by atoms with van der Waals surface area (Å²) in [6.07, 6.45) is -7.78. The number of benzene rings is 2. The fourth-order valence-corrected chi connectivity index (χ4v) is 4.31. The van der Waals surface area contributed by atoms with Crippen molar-refractivity contribution in [1.82, 2.24) is 9.80 Å². The van der Waals surface area contributed by atoms with E-state index in [2.05, 4.69) is 4.90 Å². The number of halogens is 6. The van der Waals surface area contributed by atoms with Crippen LogP contribution in [0.1, 0.15) is 47.6 Å². The van der Waals surface area contributed by atoms with Crippen LogP contribution in [0.3, 0.4) is 0 Å². The van der Waals surface area contributed by atoms with Crippen molar-refractivity contribution in [1.29, 1.82) is 0 Å². The van der Waals surface area contributed by atoms with Gasteiger partial charge in [0.25, 0.3) is 0 Å². The molecule has 1 atom stereocenters. The lowest BCUT2D eigenvalue weighted by Gasteiger charge is -2.42. The fourth-order valence-electron chi connectivity index (χ4n) is 4.31. The predicted molar refractivity (Wildman–Crippen MR) is 114 cm³/mol. The summed E-state index contributed by atoms with van der Waals surface area (Å²) in [7, 11) is 3.82. The van der Waals surface area contributed by atoms with Crippen LogP contribution in [0.4, 0.5) is 26.3 Å². The van der Waals surface area contributed by atoms with Gasteiger partial charge in [-0.3, -0.25) is 4.90 Å². The number of rotatable bonds is 6. The zero-order chi connectivity index (χ0) is 24.4. The van der Waals surface area contributed by atoms with E-state index >= 15 is 0 Å². The highest BCUT2D eigenvalue weighted by atomic mass is 19.4. The van der Waals surface area contributed by atoms with E-state index in [9.17, 15) is 31.4 Å². The molecule has 1 unspecified atom stereocenters. The lowest BCUT2D eigenvalue weighted by Crippen LogP contribution is -2.44. The average Bonchev–Trinajstić information content (AvgIpc) is 2.74. The smallest absolute Gasteiger partial charge is 0.385 e. The quantitative estimate of drug-likeness (QED) is 0.544. The maximum Gasteiger partial charge on any atom is 0.416 e. The third-order valence-electron chi connectivity index (χ3n) is 6.27. The van der Waals surface area contributed by atoms with Gasteiger partial charge in [-0.1, -0.05) is 24.3 Å². The number of piperidine rings is 1. The first-order chi connectivity index (χ1) is 15.3. The average molecular weight is 474 g/mol. The second-order valence-electron chi connectivity index (χ2n) is 8.87. The molecule has 0 spiro atoms. The van der Waals surface area contributed by atoms with Gasteiger partial charge in [0.05, 0.1) is 16.7 Å². The molecule has 0 aliphatic carbocycles. The summed E-state index contributed by atoms with van der Waals surface area (Å²) in [6.45, 7) is 1.53. The van der Waals surface area contributed by atoms with E-state index in [0.29, 0.717) is 26.1 Å². The molecule has 1 N–H and O–H groups in total. The zero-order valence-corrected chi connectivity index (χ0v) is 18.5. The number of nitrogens with zero attached hydrogens (tertiary/aromatic N) is 2. The minimum Gasteiger partial charge on any atom is -0.385 e. The van der Waals surface area contributed by atoms with Crippen molar-refractivity contribution in [2.75, 3.05) is 33.7 Å². The summed E-state index contributed by atoms with van der Waals surface area (Å²) < 4.78 is 78.2. The molecule has 2 aromatic carbocycles. The van der Waals surface area contributed by atoms with Crippen molar-refractivity contribution in [2.24, 2.45) is 0 Å². The number of alkyl halides is 6. The third kappa shape index (κ3) is 6.28. The molecular weight excluding hydrogens is 446 g/mol. The van der Waals surface area contributed by atoms with E-state index in [0.717, 1.165) is 29.8 Å². The van der Waals surface area contributed by atoms with Crippen LogP contribution in [-0.4, -0.2) is 48.6 Å². The van der Waals surface area contributed by atoms with E-state index < -0.39 is 29.1 Å². The highest BCUT2D eigenvalue weighted by Crippen LogP contribution is 2.39. The van der Waals surface area contributed by atoms with Gasteiger partial charge in [0.1, 0.15) is 0 Å². The highest BCUT2D eigenvalue weighted by Gasteiger charge is 2.39. The van der Waals surface area contributed by atoms with Gasteiger partial charge in [0, 0.05) is 19.1 Å². The maximum atomic E-state index is 13.1. The first kappa shape index (κ1) is 25.5. The summed E-state index contributed by atoms with van der Waals surface area (Å²) in [6, 6.07) is 9.71. The SMILES string of the molecule is CN(C)CCC(c1ccc(C(F)(F)F)cc1)N1CCC(O)(c2cccc(C(F)(F)F)c2)CC1. The van der Waals surface area contributed by atoms with Crippen LogP contribution in [-0.2, 0) is 18.0 Å². The molecule has 0 aromatic heterocycles. The second kappa shape index (κ2) is 9.64. The Bertz CT molecular complexity index is 916. The van der Waals surface area contributed by atoms with Crippen molar-refractivity contribution < 1.29 is 31.4 Å². The predicted octanol–water partition coefficient (Wildman–Crippen LogP) is 5.70. The molecule has 33 heavy (non-hydrogen) atoms. The Morgan fingerprint density at radius 1 is 0.909 bits per heavy atom. The zero-order valence-electron chi connectivity index (χ0n) is 18.5. The van der Waals surface area contributed by atoms with Gasteiger partial charge < -0.3 is 10.0 Å². The molecule has 0 amide bonds. The van der Waals surface area contributed by atoms with Gasteiger partial charge in [-0.2, -0.15) is 26.3 Å². The number of hydrogen-bond acceptors (Lipinski definition) is 3. The van der Waals surface area contributed by atoms with Gasteiger partial charge in [-0.05, 0) is 75.3 Å². The molecule has 1 aliphatic rings. The summed E-state index contributed by atoms with van der Waals surface area (Å²) in [4.78, 5) is 4.08. The highest BCUT2D eigenvalue weighted by molar-refractivity contribution is 5.31. The molecule has 182 valence electrons. The van der Waals surface area contributed by atoms with Gasteiger partial charge in [-0.15, -0.1) is 0 Å². The first-order valence-corrected chi connectivity index (χ1v) is 10.8. The van der Waals surface area contributed by atoms with E-state index in [1.807, 2.05) is 19.0 Å². The third-order valence-corrected chi connectivity index (χ3v) is 6.27. The summed E-state index contributed by atoms with van der Waals surface area (Å²) >= 11 is 0. The Balaban J connectivity index is 1.78. The Morgan fingerprint density at radius 2 is 1.48 bits per heavy atom. The Hall–Kier alpha value is -2.10. The van der Waals surface area contributed by atoms with Crippen LogP contribution in [0, 0.1) is 0 Å². The van der Waals surface area contributed by atoms with Crippen LogP contribution >= 0.6 is 0 Å². The van der Waals surface area contributed by atoms with E-state index in [1.54, 1.807) is 0 Å². The Labute approximate surface area is 189 Å². The maximum absolute atomic E-state index is 13.1. The van der Waals surface area contributed by atoms with E-state index in [1.165, 1.54) is 24.3 Å². The van der Waals surface area contributed by atoms with E-state index in [-0.39, 0.29) is 24.4 Å². The van der Waals surface area contributed by atoms with Crippen LogP contribution in [0.5, 0.6) is 0 Å². The van der Waals surface area contributed by atoms with Crippen LogP contribution in [0.2, 0.25) is 0 Å². The van der Waals surface area contributed by atoms with Crippen molar-refractivity contribution in [3.63, 3.8) is 0 Å². The molecule has 1 heterocycles. The Kier molecular flexibility index (Phi) is 7.45. The molecule has 1 fully saturated rings. The van der Waals surface area contributed by atoms with Gasteiger partial charge in [0.15, 0.2) is 0 Å². The molecule has 3 nitrogen and oxygen atoms in total. The van der Waals surface area contributed by atoms with Crippen molar-refractivity contribution in [3.8, 4) is 0 Å². The normalized spacial score (nSPS) is 18.5. The van der Waals surface area contributed by atoms with Gasteiger partial charge >= 0.3 is 12.4 Å². The lowest BCUT2D eigenvalue weighted by atomic mass is 9.82. The number of aliphatic hydroxyl groups is 1. The molecule has 1 aliphatic heterocycles. The lowest BCUT2D eigenvalue weighted by molar-refractivity contribution is -0.138. The first-order valence-electron chi connectivity index (χ1n) is 10.8. The molecule has 1 saturated heterocycles. The monoisotopic (exact) mass is 474 g/mol.